The Morgan fingerprint density at radius 3 is 2.48 bits per heavy atom. The lowest BCUT2D eigenvalue weighted by atomic mass is 10.1. The maximum absolute atomic E-state index is 12.1. The minimum atomic E-state index is -0.899. The van der Waals surface area contributed by atoms with Crippen LogP contribution >= 0.6 is 0 Å². The molecule has 0 saturated carbocycles. The number of rotatable bonds is 5. The third-order valence-electron chi connectivity index (χ3n) is 4.19. The van der Waals surface area contributed by atoms with Gasteiger partial charge in [0.25, 0.3) is 0 Å². The first kappa shape index (κ1) is 15.7. The fourth-order valence-electron chi connectivity index (χ4n) is 2.93. The van der Waals surface area contributed by atoms with Gasteiger partial charge in [0.05, 0.1) is 6.42 Å². The van der Waals surface area contributed by atoms with Crippen LogP contribution < -0.4 is 5.69 Å². The van der Waals surface area contributed by atoms with Crippen LogP contribution in [0.5, 0.6) is 0 Å². The molecule has 2 rings (SSSR count). The van der Waals surface area contributed by atoms with Gasteiger partial charge in [-0.3, -0.25) is 9.36 Å². The van der Waals surface area contributed by atoms with Crippen LogP contribution in [0.3, 0.4) is 0 Å². The molecule has 0 radical (unpaired) electrons. The molecule has 1 fully saturated rings. The molecule has 0 amide bonds. The van der Waals surface area contributed by atoms with Crippen molar-refractivity contribution in [2.75, 3.05) is 19.6 Å². The van der Waals surface area contributed by atoms with E-state index in [0.717, 1.165) is 25.3 Å². The zero-order chi connectivity index (χ0) is 15.4. The number of aryl methyl sites for hydroxylation is 1. The standard InChI is InChI=1S/C15H23N3O3/c1-11-13(10-14(19)20)12(2)18(15(21)16-11)9-8-17-6-4-3-5-7-17/h3-10H2,1-2H3,(H,19,20). The summed E-state index contributed by atoms with van der Waals surface area (Å²) in [4.78, 5) is 29.3. The van der Waals surface area contributed by atoms with Crippen molar-refractivity contribution in [3.8, 4) is 0 Å². The number of carboxylic acid groups (broad SMARTS) is 1. The topological polar surface area (TPSA) is 75.4 Å². The van der Waals surface area contributed by atoms with Gasteiger partial charge < -0.3 is 10.0 Å². The second-order valence-electron chi connectivity index (χ2n) is 5.67. The van der Waals surface area contributed by atoms with Crippen molar-refractivity contribution in [2.45, 2.75) is 46.1 Å². The lowest BCUT2D eigenvalue weighted by Gasteiger charge is -2.27. The second kappa shape index (κ2) is 6.85. The minimum absolute atomic E-state index is 0.0886. The number of piperidine rings is 1. The fourth-order valence-corrected chi connectivity index (χ4v) is 2.93. The van der Waals surface area contributed by atoms with E-state index < -0.39 is 5.97 Å². The van der Waals surface area contributed by atoms with Gasteiger partial charge in [0, 0.05) is 30.0 Å². The first-order chi connectivity index (χ1) is 9.99. The molecule has 6 heteroatoms. The number of hydrogen-bond acceptors (Lipinski definition) is 4. The Kier molecular flexibility index (Phi) is 5.12. The smallest absolute Gasteiger partial charge is 0.348 e. The molecule has 2 heterocycles. The number of aliphatic carboxylic acids is 1. The van der Waals surface area contributed by atoms with Crippen LogP contribution in [0.15, 0.2) is 4.79 Å². The number of aromatic nitrogens is 2. The number of nitrogens with zero attached hydrogens (tertiary/aromatic N) is 3. The number of carbonyl (C=O) groups is 1. The summed E-state index contributed by atoms with van der Waals surface area (Å²) in [6.07, 6.45) is 3.62. The van der Waals surface area contributed by atoms with Crippen LogP contribution in [0, 0.1) is 13.8 Å². The fraction of sp³-hybridized carbons (Fsp3) is 0.667. The quantitative estimate of drug-likeness (QED) is 0.875. The molecule has 0 unspecified atom stereocenters. The van der Waals surface area contributed by atoms with E-state index in [0.29, 0.717) is 17.8 Å². The summed E-state index contributed by atoms with van der Waals surface area (Å²) in [6.45, 7) is 7.05. The third kappa shape index (κ3) is 3.91. The van der Waals surface area contributed by atoms with E-state index in [-0.39, 0.29) is 12.1 Å². The Labute approximate surface area is 124 Å². The highest BCUT2D eigenvalue weighted by Crippen LogP contribution is 2.12. The molecule has 1 aliphatic heterocycles. The van der Waals surface area contributed by atoms with Crippen LogP contribution in [-0.4, -0.2) is 45.2 Å². The molecule has 1 aliphatic rings. The Hall–Kier alpha value is -1.69. The minimum Gasteiger partial charge on any atom is -0.481 e. The van der Waals surface area contributed by atoms with Gasteiger partial charge in [-0.2, -0.15) is 4.98 Å². The maximum atomic E-state index is 12.1. The van der Waals surface area contributed by atoms with E-state index in [1.807, 2.05) is 6.92 Å². The normalized spacial score (nSPS) is 16.1. The average molecular weight is 293 g/mol. The summed E-state index contributed by atoms with van der Waals surface area (Å²) in [5.74, 6) is -0.899. The van der Waals surface area contributed by atoms with Gasteiger partial charge in [0.2, 0.25) is 0 Å². The van der Waals surface area contributed by atoms with Gasteiger partial charge in [-0.15, -0.1) is 0 Å². The summed E-state index contributed by atoms with van der Waals surface area (Å²) in [5.41, 5.74) is 1.62. The highest BCUT2D eigenvalue weighted by molar-refractivity contribution is 5.70. The summed E-state index contributed by atoms with van der Waals surface area (Å²) >= 11 is 0. The van der Waals surface area contributed by atoms with Gasteiger partial charge in [-0.25, -0.2) is 4.79 Å². The zero-order valence-corrected chi connectivity index (χ0v) is 12.8. The number of likely N-dealkylation sites (tertiary alicyclic amines) is 1. The molecule has 116 valence electrons. The molecule has 0 bridgehead atoms. The Morgan fingerprint density at radius 2 is 1.86 bits per heavy atom. The van der Waals surface area contributed by atoms with Gasteiger partial charge in [-0.1, -0.05) is 6.42 Å². The van der Waals surface area contributed by atoms with Crippen molar-refractivity contribution in [3.05, 3.63) is 27.4 Å². The van der Waals surface area contributed by atoms with Crippen LogP contribution in [0.2, 0.25) is 0 Å². The molecular formula is C15H23N3O3. The van der Waals surface area contributed by atoms with Crippen LogP contribution in [0.1, 0.15) is 36.2 Å². The molecule has 0 aliphatic carbocycles. The molecule has 0 aromatic carbocycles. The Bertz CT molecular complexity index is 574. The van der Waals surface area contributed by atoms with Crippen molar-refractivity contribution < 1.29 is 9.90 Å². The van der Waals surface area contributed by atoms with E-state index in [1.165, 1.54) is 19.3 Å². The van der Waals surface area contributed by atoms with Gasteiger partial charge in [-0.05, 0) is 39.8 Å². The van der Waals surface area contributed by atoms with Gasteiger partial charge in [0.15, 0.2) is 0 Å². The van der Waals surface area contributed by atoms with E-state index in [4.69, 9.17) is 5.11 Å². The van der Waals surface area contributed by atoms with Crippen LogP contribution in [0.25, 0.3) is 0 Å². The molecular weight excluding hydrogens is 270 g/mol. The molecule has 1 N–H and O–H groups in total. The van der Waals surface area contributed by atoms with Crippen molar-refractivity contribution >= 4 is 5.97 Å². The van der Waals surface area contributed by atoms with Crippen molar-refractivity contribution in [2.24, 2.45) is 0 Å². The molecule has 21 heavy (non-hydrogen) atoms. The van der Waals surface area contributed by atoms with E-state index in [1.54, 1.807) is 11.5 Å². The Balaban J connectivity index is 2.17. The second-order valence-corrected chi connectivity index (χ2v) is 5.67. The average Bonchev–Trinajstić information content (AvgIpc) is 2.44. The summed E-state index contributed by atoms with van der Waals surface area (Å²) in [5, 5.41) is 8.99. The van der Waals surface area contributed by atoms with Crippen molar-refractivity contribution in [1.82, 2.24) is 14.5 Å². The lowest BCUT2D eigenvalue weighted by Crippen LogP contribution is -2.36. The van der Waals surface area contributed by atoms with Crippen LogP contribution in [-0.2, 0) is 17.8 Å². The van der Waals surface area contributed by atoms with Gasteiger partial charge >= 0.3 is 11.7 Å². The molecule has 1 saturated heterocycles. The molecule has 1 aromatic rings. The monoisotopic (exact) mass is 293 g/mol. The summed E-state index contributed by atoms with van der Waals surface area (Å²) in [7, 11) is 0. The molecule has 0 spiro atoms. The van der Waals surface area contributed by atoms with E-state index >= 15 is 0 Å². The summed E-state index contributed by atoms with van der Waals surface area (Å²) in [6, 6.07) is 0. The van der Waals surface area contributed by atoms with Crippen molar-refractivity contribution in [3.63, 3.8) is 0 Å². The predicted octanol–water partition coefficient (Wildman–Crippen LogP) is 0.973. The first-order valence-corrected chi connectivity index (χ1v) is 7.50. The highest BCUT2D eigenvalue weighted by Gasteiger charge is 2.15. The summed E-state index contributed by atoms with van der Waals surface area (Å²) < 4.78 is 1.61. The third-order valence-corrected chi connectivity index (χ3v) is 4.19. The number of carboxylic acids is 1. The highest BCUT2D eigenvalue weighted by atomic mass is 16.4. The van der Waals surface area contributed by atoms with Gasteiger partial charge in [0.1, 0.15) is 0 Å². The zero-order valence-electron chi connectivity index (χ0n) is 12.8. The largest absolute Gasteiger partial charge is 0.481 e. The lowest BCUT2D eigenvalue weighted by molar-refractivity contribution is -0.136. The van der Waals surface area contributed by atoms with E-state index in [9.17, 15) is 9.59 Å². The molecule has 0 atom stereocenters. The first-order valence-electron chi connectivity index (χ1n) is 7.50. The maximum Gasteiger partial charge on any atom is 0.348 e. The van der Waals surface area contributed by atoms with Crippen molar-refractivity contribution in [1.29, 1.82) is 0 Å². The van der Waals surface area contributed by atoms with Crippen LogP contribution in [0.4, 0.5) is 0 Å². The van der Waals surface area contributed by atoms with E-state index in [2.05, 4.69) is 9.88 Å². The number of hydrogen-bond donors (Lipinski definition) is 1. The molecule has 6 nitrogen and oxygen atoms in total. The SMILES string of the molecule is Cc1nc(=O)n(CCN2CCCCC2)c(C)c1CC(=O)O. The predicted molar refractivity (Wildman–Crippen MR) is 79.6 cm³/mol. The molecule has 1 aromatic heterocycles. The Morgan fingerprint density at radius 1 is 1.19 bits per heavy atom.